The second-order valence-electron chi connectivity index (χ2n) is 4.21. The summed E-state index contributed by atoms with van der Waals surface area (Å²) >= 11 is 0. The molecule has 0 spiro atoms. The normalized spacial score (nSPS) is 17.9. The van der Waals surface area contributed by atoms with Gasteiger partial charge in [0.1, 0.15) is 11.3 Å². The molecule has 0 aromatic heterocycles. The number of hydrogen-bond donors (Lipinski definition) is 0. The molecule has 0 unspecified atom stereocenters. The van der Waals surface area contributed by atoms with Gasteiger partial charge in [0.05, 0.1) is 7.11 Å². The van der Waals surface area contributed by atoms with E-state index in [4.69, 9.17) is 4.74 Å². The van der Waals surface area contributed by atoms with E-state index in [1.807, 2.05) is 30.3 Å². The lowest BCUT2D eigenvalue weighted by atomic mass is 10.1. The van der Waals surface area contributed by atoms with Gasteiger partial charge in [0.15, 0.2) is 11.6 Å². The summed E-state index contributed by atoms with van der Waals surface area (Å²) in [5.74, 6) is -0.261. The molecule has 0 fully saturated rings. The van der Waals surface area contributed by atoms with Gasteiger partial charge < -0.3 is 4.74 Å². The first-order valence-corrected chi connectivity index (χ1v) is 5.92. The molecule has 1 aromatic carbocycles. The van der Waals surface area contributed by atoms with Crippen molar-refractivity contribution in [3.05, 3.63) is 65.0 Å². The molecule has 0 saturated carbocycles. The van der Waals surface area contributed by atoms with Crippen molar-refractivity contribution in [3.8, 4) is 0 Å². The Morgan fingerprint density at radius 1 is 1.16 bits per heavy atom. The topological polar surface area (TPSA) is 43.4 Å². The minimum Gasteiger partial charge on any atom is -0.496 e. The number of rotatable bonds is 3. The Morgan fingerprint density at radius 2 is 1.84 bits per heavy atom. The van der Waals surface area contributed by atoms with Gasteiger partial charge in [0.25, 0.3) is 0 Å². The third-order valence-corrected chi connectivity index (χ3v) is 2.87. The Bertz CT molecular complexity index is 604. The predicted octanol–water partition coefficient (Wildman–Crippen LogP) is 2.70. The van der Waals surface area contributed by atoms with E-state index in [1.165, 1.54) is 13.2 Å². The molecular formula is C16H14O3. The molecule has 0 heterocycles. The van der Waals surface area contributed by atoms with Crippen LogP contribution in [-0.4, -0.2) is 18.7 Å². The molecule has 1 aliphatic rings. The SMILES string of the molecule is COC(/C=C/c1ccccc1)=C1/C(=O)C=C(C)C1=O. The maximum absolute atomic E-state index is 11.9. The molecule has 3 nitrogen and oxygen atoms in total. The quantitative estimate of drug-likeness (QED) is 0.473. The van der Waals surface area contributed by atoms with Gasteiger partial charge >= 0.3 is 0 Å². The number of benzene rings is 1. The van der Waals surface area contributed by atoms with E-state index < -0.39 is 0 Å². The fourth-order valence-corrected chi connectivity index (χ4v) is 1.87. The monoisotopic (exact) mass is 254 g/mol. The molecular weight excluding hydrogens is 240 g/mol. The molecule has 3 heteroatoms. The van der Waals surface area contributed by atoms with Crippen LogP contribution in [0.15, 0.2) is 59.4 Å². The highest BCUT2D eigenvalue weighted by molar-refractivity contribution is 6.36. The highest BCUT2D eigenvalue weighted by Crippen LogP contribution is 2.22. The summed E-state index contributed by atoms with van der Waals surface area (Å²) in [4.78, 5) is 23.6. The van der Waals surface area contributed by atoms with Crippen LogP contribution in [0.2, 0.25) is 0 Å². The minimum absolute atomic E-state index is 0.104. The van der Waals surface area contributed by atoms with Crippen LogP contribution >= 0.6 is 0 Å². The third-order valence-electron chi connectivity index (χ3n) is 2.87. The van der Waals surface area contributed by atoms with Gasteiger partial charge in [-0.2, -0.15) is 0 Å². The Hall–Kier alpha value is -2.42. The summed E-state index contributed by atoms with van der Waals surface area (Å²) in [6, 6.07) is 9.60. The molecule has 2 rings (SSSR count). The maximum atomic E-state index is 11.9. The molecule has 1 aromatic rings. The highest BCUT2D eigenvalue weighted by Gasteiger charge is 2.28. The smallest absolute Gasteiger partial charge is 0.196 e. The van der Waals surface area contributed by atoms with Crippen molar-refractivity contribution < 1.29 is 14.3 Å². The van der Waals surface area contributed by atoms with Crippen LogP contribution in [0.4, 0.5) is 0 Å². The van der Waals surface area contributed by atoms with Crippen molar-refractivity contribution in [3.63, 3.8) is 0 Å². The second kappa shape index (κ2) is 5.48. The lowest BCUT2D eigenvalue weighted by Crippen LogP contribution is -2.07. The van der Waals surface area contributed by atoms with Crippen LogP contribution in [0.1, 0.15) is 12.5 Å². The molecule has 96 valence electrons. The average molecular weight is 254 g/mol. The summed E-state index contributed by atoms with van der Waals surface area (Å²) in [5, 5.41) is 0. The van der Waals surface area contributed by atoms with Gasteiger partial charge in [0.2, 0.25) is 0 Å². The molecule has 0 radical (unpaired) electrons. The Morgan fingerprint density at radius 3 is 2.37 bits per heavy atom. The van der Waals surface area contributed by atoms with Crippen LogP contribution in [0.5, 0.6) is 0 Å². The summed E-state index contributed by atoms with van der Waals surface area (Å²) in [6.45, 7) is 1.63. The number of Topliss-reactive ketones (excluding diaryl/α,β-unsaturated/α-hetero) is 1. The van der Waals surface area contributed by atoms with Gasteiger partial charge in [-0.1, -0.05) is 36.4 Å². The Kier molecular flexibility index (Phi) is 3.76. The number of carbonyl (C=O) groups is 2. The molecule has 0 amide bonds. The molecule has 0 bridgehead atoms. The molecule has 1 aliphatic carbocycles. The number of hydrogen-bond acceptors (Lipinski definition) is 3. The summed E-state index contributed by atoms with van der Waals surface area (Å²) < 4.78 is 5.16. The summed E-state index contributed by atoms with van der Waals surface area (Å²) in [6.07, 6.45) is 4.79. The first-order valence-electron chi connectivity index (χ1n) is 5.92. The molecule has 0 N–H and O–H groups in total. The van der Waals surface area contributed by atoms with Crippen molar-refractivity contribution in [1.29, 1.82) is 0 Å². The van der Waals surface area contributed by atoms with E-state index >= 15 is 0 Å². The lowest BCUT2D eigenvalue weighted by Gasteiger charge is -2.04. The van der Waals surface area contributed by atoms with Gasteiger partial charge in [0, 0.05) is 5.57 Å². The largest absolute Gasteiger partial charge is 0.496 e. The number of carbonyl (C=O) groups excluding carboxylic acids is 2. The third kappa shape index (κ3) is 2.71. The van der Waals surface area contributed by atoms with E-state index in [9.17, 15) is 9.59 Å². The van der Waals surface area contributed by atoms with E-state index in [1.54, 1.807) is 19.1 Å². The van der Waals surface area contributed by atoms with E-state index in [-0.39, 0.29) is 17.1 Å². The number of methoxy groups -OCH3 is 1. The standard InChI is InChI=1S/C16H14O3/c1-11-10-13(17)15(16(11)18)14(19-2)9-8-12-6-4-3-5-7-12/h3-10H,1-2H3/b9-8+,15-14-. The summed E-state index contributed by atoms with van der Waals surface area (Å²) in [7, 11) is 1.45. The lowest BCUT2D eigenvalue weighted by molar-refractivity contribution is -0.116. The van der Waals surface area contributed by atoms with Crippen LogP contribution in [0, 0.1) is 0 Å². The highest BCUT2D eigenvalue weighted by atomic mass is 16.5. The van der Waals surface area contributed by atoms with E-state index in [0.717, 1.165) is 5.56 Å². The fraction of sp³-hybridized carbons (Fsp3) is 0.125. The van der Waals surface area contributed by atoms with Gasteiger partial charge in [-0.15, -0.1) is 0 Å². The van der Waals surface area contributed by atoms with Crippen molar-refractivity contribution in [1.82, 2.24) is 0 Å². The van der Waals surface area contributed by atoms with Crippen LogP contribution in [-0.2, 0) is 14.3 Å². The van der Waals surface area contributed by atoms with Crippen molar-refractivity contribution in [2.45, 2.75) is 6.92 Å². The average Bonchev–Trinajstić information content (AvgIpc) is 2.67. The first kappa shape index (κ1) is 13.0. The van der Waals surface area contributed by atoms with Gasteiger partial charge in [-0.3, -0.25) is 9.59 Å². The minimum atomic E-state index is -0.294. The van der Waals surface area contributed by atoms with Crippen LogP contribution in [0.25, 0.3) is 6.08 Å². The molecule has 19 heavy (non-hydrogen) atoms. The first-order chi connectivity index (χ1) is 9.13. The predicted molar refractivity (Wildman–Crippen MR) is 73.3 cm³/mol. The Balaban J connectivity index is 2.34. The number of ether oxygens (including phenoxy) is 1. The van der Waals surface area contributed by atoms with Crippen molar-refractivity contribution in [2.75, 3.05) is 7.11 Å². The van der Waals surface area contributed by atoms with E-state index in [0.29, 0.717) is 11.3 Å². The van der Waals surface area contributed by atoms with Crippen molar-refractivity contribution >= 4 is 17.6 Å². The summed E-state index contributed by atoms with van der Waals surface area (Å²) in [5.41, 5.74) is 1.52. The van der Waals surface area contributed by atoms with Crippen LogP contribution < -0.4 is 0 Å². The molecule has 0 saturated heterocycles. The second-order valence-corrected chi connectivity index (χ2v) is 4.21. The van der Waals surface area contributed by atoms with E-state index in [2.05, 4.69) is 0 Å². The Labute approximate surface area is 111 Å². The zero-order valence-electron chi connectivity index (χ0n) is 10.8. The maximum Gasteiger partial charge on any atom is 0.196 e. The molecule has 0 atom stereocenters. The zero-order valence-corrected chi connectivity index (χ0v) is 10.8. The van der Waals surface area contributed by atoms with Crippen molar-refractivity contribution in [2.24, 2.45) is 0 Å². The molecule has 0 aliphatic heterocycles. The number of allylic oxidation sites excluding steroid dienone is 4. The number of ketones is 2. The van der Waals surface area contributed by atoms with Gasteiger partial charge in [-0.05, 0) is 24.6 Å². The van der Waals surface area contributed by atoms with Crippen LogP contribution in [0.3, 0.4) is 0 Å². The zero-order chi connectivity index (χ0) is 13.8. The fourth-order valence-electron chi connectivity index (χ4n) is 1.87. The van der Waals surface area contributed by atoms with Gasteiger partial charge in [-0.25, -0.2) is 0 Å².